The Kier molecular flexibility index (Phi) is 5.65. The van der Waals surface area contributed by atoms with Gasteiger partial charge >= 0.3 is 0 Å². The second-order valence-corrected chi connectivity index (χ2v) is 9.26. The Balaban J connectivity index is 1.69. The molecular formula is C22H26N2O2S. The third kappa shape index (κ3) is 4.95. The highest BCUT2D eigenvalue weighted by Gasteiger charge is 2.24. The van der Waals surface area contributed by atoms with Gasteiger partial charge in [-0.1, -0.05) is 60.7 Å². The molecule has 0 fully saturated rings. The van der Waals surface area contributed by atoms with Gasteiger partial charge in [-0.25, -0.2) is 13.1 Å². The Labute approximate surface area is 161 Å². The third-order valence-electron chi connectivity index (χ3n) is 4.64. The molecule has 27 heavy (non-hydrogen) atoms. The normalized spacial score (nSPS) is 13.6. The number of benzene rings is 3. The number of nitrogens with one attached hydrogen (secondary N) is 2. The van der Waals surface area contributed by atoms with Crippen molar-refractivity contribution < 1.29 is 8.42 Å². The molecule has 5 heteroatoms. The highest BCUT2D eigenvalue weighted by molar-refractivity contribution is 7.89. The molecule has 0 heterocycles. The second-order valence-electron chi connectivity index (χ2n) is 7.49. The molecule has 1 unspecified atom stereocenters. The maximum absolute atomic E-state index is 12.7. The summed E-state index contributed by atoms with van der Waals surface area (Å²) in [6.07, 6.45) is 0. The van der Waals surface area contributed by atoms with E-state index in [0.717, 1.165) is 10.8 Å². The van der Waals surface area contributed by atoms with Crippen LogP contribution >= 0.6 is 0 Å². The van der Waals surface area contributed by atoms with Crippen molar-refractivity contribution in [3.8, 4) is 0 Å². The van der Waals surface area contributed by atoms with E-state index < -0.39 is 15.6 Å². The van der Waals surface area contributed by atoms with Crippen molar-refractivity contribution in [1.82, 2.24) is 10.0 Å². The lowest BCUT2D eigenvalue weighted by Crippen LogP contribution is -2.49. The van der Waals surface area contributed by atoms with Crippen LogP contribution in [-0.2, 0) is 10.0 Å². The van der Waals surface area contributed by atoms with E-state index in [2.05, 4.69) is 29.1 Å². The van der Waals surface area contributed by atoms with Crippen molar-refractivity contribution in [3.63, 3.8) is 0 Å². The van der Waals surface area contributed by atoms with Crippen molar-refractivity contribution in [2.75, 3.05) is 6.54 Å². The molecule has 1 atom stereocenters. The molecule has 0 saturated carbocycles. The Morgan fingerprint density at radius 1 is 0.889 bits per heavy atom. The molecule has 0 saturated heterocycles. The molecule has 0 aliphatic carbocycles. The molecule has 142 valence electrons. The first kappa shape index (κ1) is 19.5. The van der Waals surface area contributed by atoms with Crippen molar-refractivity contribution in [1.29, 1.82) is 0 Å². The van der Waals surface area contributed by atoms with Crippen molar-refractivity contribution in [2.45, 2.75) is 37.2 Å². The van der Waals surface area contributed by atoms with Crippen LogP contribution in [-0.4, -0.2) is 20.5 Å². The minimum absolute atomic E-state index is 0.117. The van der Waals surface area contributed by atoms with Crippen LogP contribution in [0.25, 0.3) is 10.8 Å². The zero-order valence-corrected chi connectivity index (χ0v) is 16.8. The van der Waals surface area contributed by atoms with Gasteiger partial charge in [-0.2, -0.15) is 0 Å². The van der Waals surface area contributed by atoms with Crippen molar-refractivity contribution in [3.05, 3.63) is 78.4 Å². The number of fused-ring (bicyclic) bond motifs is 1. The zero-order chi connectivity index (χ0) is 19.5. The van der Waals surface area contributed by atoms with E-state index in [1.54, 1.807) is 12.1 Å². The first-order valence-corrected chi connectivity index (χ1v) is 10.6. The van der Waals surface area contributed by atoms with E-state index in [9.17, 15) is 8.42 Å². The molecule has 0 bridgehead atoms. The van der Waals surface area contributed by atoms with E-state index in [-0.39, 0.29) is 10.9 Å². The Morgan fingerprint density at radius 3 is 2.22 bits per heavy atom. The largest absolute Gasteiger partial charge is 0.304 e. The van der Waals surface area contributed by atoms with Gasteiger partial charge in [-0.3, -0.25) is 0 Å². The minimum atomic E-state index is -3.58. The topological polar surface area (TPSA) is 58.2 Å². The molecule has 3 rings (SSSR count). The van der Waals surface area contributed by atoms with Gasteiger partial charge in [0.15, 0.2) is 0 Å². The van der Waals surface area contributed by atoms with Crippen LogP contribution in [0, 0.1) is 0 Å². The quantitative estimate of drug-likeness (QED) is 0.642. The van der Waals surface area contributed by atoms with Crippen LogP contribution in [0.2, 0.25) is 0 Å². The molecule has 4 nitrogen and oxygen atoms in total. The van der Waals surface area contributed by atoms with Crippen LogP contribution < -0.4 is 10.0 Å². The SMILES string of the molecule is CC(NC(C)(C)CNS(=O)(=O)c1ccc2ccccc2c1)c1ccccc1. The standard InChI is InChI=1S/C22H26N2O2S/c1-17(18-9-5-4-6-10-18)24-22(2,3)16-23-27(25,26)21-14-13-19-11-7-8-12-20(19)15-21/h4-15,17,23-24H,16H2,1-3H3. The summed E-state index contributed by atoms with van der Waals surface area (Å²) >= 11 is 0. The molecule has 0 radical (unpaired) electrons. The monoisotopic (exact) mass is 382 g/mol. The van der Waals surface area contributed by atoms with Crippen LogP contribution in [0.15, 0.2) is 77.7 Å². The predicted octanol–water partition coefficient (Wildman–Crippen LogP) is 4.25. The maximum atomic E-state index is 12.7. The Bertz CT molecular complexity index is 1010. The lowest BCUT2D eigenvalue weighted by molar-refractivity contribution is 0.346. The van der Waals surface area contributed by atoms with Gasteiger partial charge in [0.05, 0.1) is 4.90 Å². The van der Waals surface area contributed by atoms with Gasteiger partial charge < -0.3 is 5.32 Å². The van der Waals surface area contributed by atoms with Crippen LogP contribution in [0.5, 0.6) is 0 Å². The zero-order valence-electron chi connectivity index (χ0n) is 15.9. The van der Waals surface area contributed by atoms with E-state index in [4.69, 9.17) is 0 Å². The number of hydrogen-bond acceptors (Lipinski definition) is 3. The van der Waals surface area contributed by atoms with Gasteiger partial charge in [0.2, 0.25) is 10.0 Å². The summed E-state index contributed by atoms with van der Waals surface area (Å²) in [6.45, 7) is 6.36. The molecule has 0 aromatic heterocycles. The fourth-order valence-electron chi connectivity index (χ4n) is 3.16. The highest BCUT2D eigenvalue weighted by Crippen LogP contribution is 2.20. The van der Waals surface area contributed by atoms with E-state index in [1.807, 2.05) is 62.4 Å². The average molecular weight is 383 g/mol. The number of hydrogen-bond donors (Lipinski definition) is 2. The summed E-state index contributed by atoms with van der Waals surface area (Å²) in [7, 11) is -3.58. The third-order valence-corrected chi connectivity index (χ3v) is 6.04. The van der Waals surface area contributed by atoms with Gasteiger partial charge in [0.1, 0.15) is 0 Å². The summed E-state index contributed by atoms with van der Waals surface area (Å²) in [5, 5.41) is 5.43. The van der Waals surface area contributed by atoms with Crippen LogP contribution in [0.3, 0.4) is 0 Å². The number of rotatable bonds is 7. The van der Waals surface area contributed by atoms with Gasteiger partial charge in [-0.05, 0) is 49.2 Å². The molecule has 3 aromatic rings. The van der Waals surface area contributed by atoms with Gasteiger partial charge in [-0.15, -0.1) is 0 Å². The first-order valence-electron chi connectivity index (χ1n) is 9.08. The first-order chi connectivity index (χ1) is 12.8. The smallest absolute Gasteiger partial charge is 0.240 e. The molecule has 3 aromatic carbocycles. The molecule has 0 aliphatic rings. The van der Waals surface area contributed by atoms with Gasteiger partial charge in [0, 0.05) is 18.1 Å². The van der Waals surface area contributed by atoms with Crippen molar-refractivity contribution >= 4 is 20.8 Å². The lowest BCUT2D eigenvalue weighted by Gasteiger charge is -2.30. The fraction of sp³-hybridized carbons (Fsp3) is 0.273. The van der Waals surface area contributed by atoms with E-state index in [0.29, 0.717) is 6.54 Å². The Morgan fingerprint density at radius 2 is 1.52 bits per heavy atom. The predicted molar refractivity (Wildman–Crippen MR) is 111 cm³/mol. The van der Waals surface area contributed by atoms with Gasteiger partial charge in [0.25, 0.3) is 0 Å². The highest BCUT2D eigenvalue weighted by atomic mass is 32.2. The van der Waals surface area contributed by atoms with Crippen LogP contribution in [0.4, 0.5) is 0 Å². The molecule has 0 spiro atoms. The van der Waals surface area contributed by atoms with Crippen LogP contribution in [0.1, 0.15) is 32.4 Å². The van der Waals surface area contributed by atoms with E-state index in [1.165, 1.54) is 5.56 Å². The minimum Gasteiger partial charge on any atom is -0.304 e. The fourth-order valence-corrected chi connectivity index (χ4v) is 4.40. The summed E-state index contributed by atoms with van der Waals surface area (Å²) in [5.41, 5.74) is 0.766. The lowest BCUT2D eigenvalue weighted by atomic mass is 10.0. The molecule has 2 N–H and O–H groups in total. The molecule has 0 amide bonds. The van der Waals surface area contributed by atoms with E-state index >= 15 is 0 Å². The summed E-state index contributed by atoms with van der Waals surface area (Å²) in [4.78, 5) is 0.285. The Hall–Kier alpha value is -2.21. The summed E-state index contributed by atoms with van der Waals surface area (Å²) < 4.78 is 28.2. The molecular weight excluding hydrogens is 356 g/mol. The number of sulfonamides is 1. The summed E-state index contributed by atoms with van der Waals surface area (Å²) in [5.74, 6) is 0. The maximum Gasteiger partial charge on any atom is 0.240 e. The second kappa shape index (κ2) is 7.80. The van der Waals surface area contributed by atoms with Crippen molar-refractivity contribution in [2.24, 2.45) is 0 Å². The molecule has 0 aliphatic heterocycles. The average Bonchev–Trinajstić information content (AvgIpc) is 2.66. The summed E-state index contributed by atoms with van der Waals surface area (Å²) in [6, 6.07) is 23.2.